The molecule has 0 aliphatic rings. The summed E-state index contributed by atoms with van der Waals surface area (Å²) >= 11 is 2.78. The van der Waals surface area contributed by atoms with Gasteiger partial charge in [0.1, 0.15) is 16.6 Å². The van der Waals surface area contributed by atoms with Gasteiger partial charge in [-0.3, -0.25) is 10.1 Å². The van der Waals surface area contributed by atoms with E-state index in [1.165, 1.54) is 35.2 Å². The summed E-state index contributed by atoms with van der Waals surface area (Å²) in [4.78, 5) is 22.6. The molecule has 0 spiro atoms. The van der Waals surface area contributed by atoms with E-state index in [-0.39, 0.29) is 11.7 Å². The maximum atomic E-state index is 13.2. The van der Waals surface area contributed by atoms with Gasteiger partial charge in [-0.15, -0.1) is 11.3 Å². The Hall–Kier alpha value is -3.04. The molecule has 1 amide bonds. The van der Waals surface area contributed by atoms with E-state index < -0.39 is 0 Å². The maximum absolute atomic E-state index is 13.2. The highest BCUT2D eigenvalue weighted by Crippen LogP contribution is 2.31. The maximum Gasteiger partial charge on any atom is 0.260 e. The van der Waals surface area contributed by atoms with Crippen LogP contribution in [0.15, 0.2) is 58.2 Å². The molecule has 4 rings (SSSR count). The zero-order chi connectivity index (χ0) is 21.1. The van der Waals surface area contributed by atoms with Crippen molar-refractivity contribution in [2.45, 2.75) is 24.6 Å². The molecule has 0 bridgehead atoms. The lowest BCUT2D eigenvalue weighted by Crippen LogP contribution is -2.13. The Morgan fingerprint density at radius 2 is 2.03 bits per heavy atom. The number of carbonyl (C=O) groups is 1. The van der Waals surface area contributed by atoms with Crippen molar-refractivity contribution < 1.29 is 13.7 Å². The van der Waals surface area contributed by atoms with Crippen molar-refractivity contribution >= 4 is 34.1 Å². The minimum Gasteiger partial charge on any atom is -0.361 e. The van der Waals surface area contributed by atoms with Crippen LogP contribution >= 0.6 is 23.1 Å². The number of hydrogen-bond donors (Lipinski definition) is 1. The Balaban J connectivity index is 1.50. The van der Waals surface area contributed by atoms with Crippen LogP contribution in [0.25, 0.3) is 11.3 Å². The van der Waals surface area contributed by atoms with Gasteiger partial charge in [0.05, 0.1) is 17.0 Å². The van der Waals surface area contributed by atoms with Gasteiger partial charge in [0.2, 0.25) is 0 Å². The van der Waals surface area contributed by atoms with Crippen molar-refractivity contribution in [2.24, 2.45) is 0 Å². The van der Waals surface area contributed by atoms with Crippen molar-refractivity contribution in [3.8, 4) is 11.3 Å². The quantitative estimate of drug-likeness (QED) is 0.399. The third-order valence-electron chi connectivity index (χ3n) is 4.18. The van der Waals surface area contributed by atoms with Crippen molar-refractivity contribution in [3.05, 3.63) is 76.4 Å². The van der Waals surface area contributed by atoms with Crippen LogP contribution in [-0.2, 0) is 5.75 Å². The van der Waals surface area contributed by atoms with E-state index in [0.717, 1.165) is 27.6 Å². The van der Waals surface area contributed by atoms with Crippen molar-refractivity contribution in [3.63, 3.8) is 0 Å². The number of nitrogens with one attached hydrogen (secondary N) is 1. The Labute approximate surface area is 180 Å². The predicted molar refractivity (Wildman–Crippen MR) is 115 cm³/mol. The number of aryl methyl sites for hydroxylation is 2. The van der Waals surface area contributed by atoms with Gasteiger partial charge in [-0.2, -0.15) is 0 Å². The fourth-order valence-corrected chi connectivity index (χ4v) is 4.50. The lowest BCUT2D eigenvalue weighted by atomic mass is 10.1. The molecule has 9 heteroatoms. The molecule has 0 aliphatic carbocycles. The number of nitrogens with zero attached hydrogens (tertiary/aromatic N) is 3. The fourth-order valence-electron chi connectivity index (χ4n) is 2.80. The predicted octanol–water partition coefficient (Wildman–Crippen LogP) is 5.49. The summed E-state index contributed by atoms with van der Waals surface area (Å²) in [6.45, 7) is 3.74. The zero-order valence-electron chi connectivity index (χ0n) is 16.2. The fraction of sp³-hybridized carbons (Fsp3) is 0.143. The number of thiazole rings is 1. The van der Waals surface area contributed by atoms with E-state index in [1.54, 1.807) is 30.5 Å². The summed E-state index contributed by atoms with van der Waals surface area (Å²) in [5, 5.41) is 7.89. The molecular formula is C21H17FN4O2S2. The van der Waals surface area contributed by atoms with Crippen LogP contribution in [0.2, 0.25) is 0 Å². The van der Waals surface area contributed by atoms with Crippen molar-refractivity contribution in [1.29, 1.82) is 0 Å². The van der Waals surface area contributed by atoms with Gasteiger partial charge < -0.3 is 4.52 Å². The van der Waals surface area contributed by atoms with E-state index >= 15 is 0 Å². The number of pyridine rings is 1. The van der Waals surface area contributed by atoms with Crippen LogP contribution in [-0.4, -0.2) is 21.0 Å². The molecule has 1 N–H and O–H groups in total. The van der Waals surface area contributed by atoms with Crippen molar-refractivity contribution in [2.75, 3.05) is 5.32 Å². The number of rotatable bonds is 6. The highest BCUT2D eigenvalue weighted by atomic mass is 32.2. The smallest absolute Gasteiger partial charge is 0.260 e. The Morgan fingerprint density at radius 3 is 2.77 bits per heavy atom. The van der Waals surface area contributed by atoms with Crippen LogP contribution in [0.5, 0.6) is 0 Å². The number of amides is 1. The second-order valence-electron chi connectivity index (χ2n) is 6.46. The molecule has 3 heterocycles. The van der Waals surface area contributed by atoms with Gasteiger partial charge in [0.25, 0.3) is 5.91 Å². The standard InChI is InChI=1S/C21H17FN4O2S2/c1-12-10-16(26-28-12)11-29-20-17(4-3-9-23-20)19(27)25-21-24-18(13(2)30-21)14-5-7-15(22)8-6-14/h3-10H,11H2,1-2H3,(H,24,25,27). The molecule has 30 heavy (non-hydrogen) atoms. The van der Waals surface area contributed by atoms with Gasteiger partial charge >= 0.3 is 0 Å². The van der Waals surface area contributed by atoms with Gasteiger partial charge in [0.15, 0.2) is 5.13 Å². The van der Waals surface area contributed by atoms with E-state index in [9.17, 15) is 9.18 Å². The molecule has 1 aromatic carbocycles. The SMILES string of the molecule is Cc1cc(CSc2ncccc2C(=O)Nc2nc(-c3ccc(F)cc3)c(C)s2)no1. The Kier molecular flexibility index (Phi) is 5.91. The van der Waals surface area contributed by atoms with Crippen LogP contribution in [0.4, 0.5) is 9.52 Å². The highest BCUT2D eigenvalue weighted by Gasteiger charge is 2.17. The number of anilines is 1. The average molecular weight is 441 g/mol. The number of halogens is 1. The van der Waals surface area contributed by atoms with E-state index in [4.69, 9.17) is 4.52 Å². The molecule has 0 aliphatic heterocycles. The van der Waals surface area contributed by atoms with Gasteiger partial charge in [-0.25, -0.2) is 14.4 Å². The first-order chi connectivity index (χ1) is 14.5. The largest absolute Gasteiger partial charge is 0.361 e. The normalized spacial score (nSPS) is 10.9. The number of hydrogen-bond acceptors (Lipinski definition) is 7. The monoisotopic (exact) mass is 440 g/mol. The third-order valence-corrected chi connectivity index (χ3v) is 6.11. The van der Waals surface area contributed by atoms with Gasteiger partial charge in [-0.1, -0.05) is 16.9 Å². The lowest BCUT2D eigenvalue weighted by molar-refractivity contribution is 0.102. The summed E-state index contributed by atoms with van der Waals surface area (Å²) in [6, 6.07) is 11.4. The van der Waals surface area contributed by atoms with Crippen LogP contribution in [0.1, 0.15) is 26.7 Å². The minimum absolute atomic E-state index is 0.290. The number of benzene rings is 1. The van der Waals surface area contributed by atoms with E-state index in [0.29, 0.717) is 21.5 Å². The second-order valence-corrected chi connectivity index (χ2v) is 8.63. The van der Waals surface area contributed by atoms with Crippen LogP contribution < -0.4 is 5.32 Å². The summed E-state index contributed by atoms with van der Waals surface area (Å²) < 4.78 is 18.3. The Morgan fingerprint density at radius 1 is 1.23 bits per heavy atom. The topological polar surface area (TPSA) is 80.9 Å². The molecule has 3 aromatic heterocycles. The minimum atomic E-state index is -0.303. The first kappa shape index (κ1) is 20.2. The molecule has 0 radical (unpaired) electrons. The zero-order valence-corrected chi connectivity index (χ0v) is 17.8. The molecule has 152 valence electrons. The van der Waals surface area contributed by atoms with E-state index in [1.807, 2.05) is 19.9 Å². The highest BCUT2D eigenvalue weighted by molar-refractivity contribution is 7.98. The molecular weight excluding hydrogens is 423 g/mol. The van der Waals surface area contributed by atoms with E-state index in [2.05, 4.69) is 20.4 Å². The molecule has 0 saturated carbocycles. The first-order valence-electron chi connectivity index (χ1n) is 9.04. The van der Waals surface area contributed by atoms with Gasteiger partial charge in [0, 0.05) is 28.5 Å². The lowest BCUT2D eigenvalue weighted by Gasteiger charge is -2.06. The van der Waals surface area contributed by atoms with Crippen LogP contribution in [0.3, 0.4) is 0 Å². The Bertz CT molecular complexity index is 1190. The average Bonchev–Trinajstić information content (AvgIpc) is 3.32. The number of aromatic nitrogens is 3. The number of carbonyl (C=O) groups excluding carboxylic acids is 1. The molecule has 0 atom stereocenters. The summed E-state index contributed by atoms with van der Waals surface area (Å²) in [6.07, 6.45) is 1.65. The second kappa shape index (κ2) is 8.76. The summed E-state index contributed by atoms with van der Waals surface area (Å²) in [7, 11) is 0. The molecule has 0 unspecified atom stereocenters. The molecule has 0 fully saturated rings. The molecule has 4 aromatic rings. The third kappa shape index (κ3) is 4.58. The van der Waals surface area contributed by atoms with Crippen molar-refractivity contribution in [1.82, 2.24) is 15.1 Å². The number of thioether (sulfide) groups is 1. The van der Waals surface area contributed by atoms with Crippen LogP contribution in [0, 0.1) is 19.7 Å². The first-order valence-corrected chi connectivity index (χ1v) is 10.8. The summed E-state index contributed by atoms with van der Waals surface area (Å²) in [5.74, 6) is 0.684. The molecule has 0 saturated heterocycles. The van der Waals surface area contributed by atoms with Gasteiger partial charge in [-0.05, 0) is 50.2 Å². The molecule has 6 nitrogen and oxygen atoms in total. The summed E-state index contributed by atoms with van der Waals surface area (Å²) in [5.41, 5.74) is 2.76.